The summed E-state index contributed by atoms with van der Waals surface area (Å²) in [6, 6.07) is 4.27. The Morgan fingerprint density at radius 1 is 0.758 bits per heavy atom. The van der Waals surface area contributed by atoms with Crippen molar-refractivity contribution >= 4 is 0 Å². The zero-order chi connectivity index (χ0) is 23.4. The van der Waals surface area contributed by atoms with Gasteiger partial charge in [0.25, 0.3) is 0 Å². The minimum atomic E-state index is -2.99. The van der Waals surface area contributed by atoms with Crippen LogP contribution < -0.4 is 0 Å². The molecule has 1 aromatic carbocycles. The van der Waals surface area contributed by atoms with Crippen molar-refractivity contribution in [3.8, 4) is 0 Å². The van der Waals surface area contributed by atoms with Crippen molar-refractivity contribution in [2.24, 2.45) is 23.7 Å². The van der Waals surface area contributed by atoms with Crippen molar-refractivity contribution in [1.82, 2.24) is 0 Å². The molecule has 0 amide bonds. The molecule has 3 aliphatic carbocycles. The minimum Gasteiger partial charge on any atom is -0.317 e. The lowest BCUT2D eigenvalue weighted by atomic mass is 9.78. The summed E-state index contributed by atoms with van der Waals surface area (Å²) in [6.07, 6.45) is 11.5. The molecule has 0 atom stereocenters. The van der Waals surface area contributed by atoms with Crippen molar-refractivity contribution in [1.29, 1.82) is 0 Å². The third-order valence-corrected chi connectivity index (χ3v) is 8.38. The second kappa shape index (κ2) is 10.9. The fraction of sp³-hybridized carbons (Fsp3) is 0.714. The molecule has 0 spiro atoms. The van der Waals surface area contributed by atoms with E-state index in [4.69, 9.17) is 4.74 Å². The van der Waals surface area contributed by atoms with E-state index in [-0.39, 0.29) is 6.10 Å². The highest BCUT2D eigenvalue weighted by molar-refractivity contribution is 5.22. The van der Waals surface area contributed by atoms with Gasteiger partial charge in [0.2, 0.25) is 0 Å². The quantitative estimate of drug-likeness (QED) is 0.301. The molecule has 1 aromatic rings. The van der Waals surface area contributed by atoms with Gasteiger partial charge in [-0.05, 0) is 106 Å². The van der Waals surface area contributed by atoms with Crippen LogP contribution in [0.5, 0.6) is 0 Å². The van der Waals surface area contributed by atoms with E-state index in [0.717, 1.165) is 56.9 Å². The fourth-order valence-electron chi connectivity index (χ4n) is 6.04. The summed E-state index contributed by atoms with van der Waals surface area (Å²) in [5, 5.41) is 0. The fourth-order valence-corrected chi connectivity index (χ4v) is 6.04. The lowest BCUT2D eigenvalue weighted by molar-refractivity contribution is -0.301. The van der Waals surface area contributed by atoms with Gasteiger partial charge in [-0.3, -0.25) is 0 Å². The van der Waals surface area contributed by atoms with Gasteiger partial charge in [0.15, 0.2) is 11.6 Å². The van der Waals surface area contributed by atoms with Crippen LogP contribution in [-0.2, 0) is 4.74 Å². The Hall–Kier alpha value is -1.36. The summed E-state index contributed by atoms with van der Waals surface area (Å²) >= 11 is 0. The van der Waals surface area contributed by atoms with Crippen LogP contribution in [0.15, 0.2) is 30.4 Å². The van der Waals surface area contributed by atoms with E-state index < -0.39 is 23.7 Å². The lowest BCUT2D eigenvalue weighted by Gasteiger charge is -2.36. The molecule has 0 unspecified atom stereocenters. The van der Waals surface area contributed by atoms with Gasteiger partial charge in [-0.2, -0.15) is 8.78 Å². The van der Waals surface area contributed by atoms with Crippen LogP contribution >= 0.6 is 0 Å². The Bertz CT molecular complexity index is 783. The second-order valence-electron chi connectivity index (χ2n) is 10.8. The van der Waals surface area contributed by atoms with Gasteiger partial charge < -0.3 is 4.74 Å². The van der Waals surface area contributed by atoms with Gasteiger partial charge in [0, 0.05) is 0 Å². The summed E-state index contributed by atoms with van der Waals surface area (Å²) in [5.74, 6) is -0.362. The zero-order valence-corrected chi connectivity index (χ0v) is 19.8. The monoisotopic (exact) mass is 466 g/mol. The molecule has 1 nitrogen and oxygen atoms in total. The minimum absolute atomic E-state index is 0.298. The zero-order valence-electron chi connectivity index (χ0n) is 19.8. The van der Waals surface area contributed by atoms with Crippen LogP contribution in [0.4, 0.5) is 17.6 Å². The number of ether oxygens (including phenoxy) is 1. The first-order valence-corrected chi connectivity index (χ1v) is 13.0. The van der Waals surface area contributed by atoms with Gasteiger partial charge in [-0.25, -0.2) is 8.78 Å². The Morgan fingerprint density at radius 3 is 1.91 bits per heavy atom. The Kier molecular flexibility index (Phi) is 8.19. The maximum atomic E-state index is 14.6. The Labute approximate surface area is 196 Å². The van der Waals surface area contributed by atoms with Gasteiger partial charge >= 0.3 is 6.11 Å². The summed E-state index contributed by atoms with van der Waals surface area (Å²) in [6.45, 7) is 2.14. The third kappa shape index (κ3) is 6.61. The molecule has 0 saturated heterocycles. The maximum Gasteiger partial charge on any atom is 0.358 e. The highest BCUT2D eigenvalue weighted by Gasteiger charge is 2.44. The standard InChI is InChI=1S/C28H38F4O/c1-19-2-13-24(14-3-19)28(31,32)33-25-15-8-21(9-16-25)5-4-20-6-10-22(11-7-20)23-12-17-26(29)27(30)18-23/h4-5,12,17-22,24-25H,2-3,6-11,13-16H2,1H3/b5-4+. The molecule has 0 heterocycles. The van der Waals surface area contributed by atoms with Crippen LogP contribution in [0, 0.1) is 35.3 Å². The second-order valence-corrected chi connectivity index (χ2v) is 10.8. The van der Waals surface area contributed by atoms with Crippen LogP contribution in [0.25, 0.3) is 0 Å². The first-order chi connectivity index (χ1) is 15.8. The van der Waals surface area contributed by atoms with Crippen molar-refractivity contribution in [2.75, 3.05) is 0 Å². The topological polar surface area (TPSA) is 9.23 Å². The first-order valence-electron chi connectivity index (χ1n) is 13.0. The highest BCUT2D eigenvalue weighted by Crippen LogP contribution is 2.42. The average molecular weight is 467 g/mol. The van der Waals surface area contributed by atoms with Gasteiger partial charge in [0.05, 0.1) is 12.0 Å². The molecule has 0 aromatic heterocycles. The number of halogens is 4. The van der Waals surface area contributed by atoms with Crippen LogP contribution in [0.1, 0.15) is 95.5 Å². The van der Waals surface area contributed by atoms with E-state index in [0.29, 0.717) is 49.4 Å². The normalized spacial score (nSPS) is 34.0. The predicted octanol–water partition coefficient (Wildman–Crippen LogP) is 8.79. The molecule has 3 saturated carbocycles. The van der Waals surface area contributed by atoms with E-state index in [1.165, 1.54) is 12.1 Å². The number of alkyl halides is 2. The molecule has 184 valence electrons. The summed E-state index contributed by atoms with van der Waals surface area (Å²) < 4.78 is 61.3. The van der Waals surface area contributed by atoms with Gasteiger partial charge in [0.1, 0.15) is 0 Å². The number of allylic oxidation sites excluding steroid dienone is 2. The van der Waals surface area contributed by atoms with E-state index in [1.807, 2.05) is 0 Å². The highest BCUT2D eigenvalue weighted by atomic mass is 19.3. The maximum absolute atomic E-state index is 14.6. The number of benzene rings is 1. The predicted molar refractivity (Wildman–Crippen MR) is 123 cm³/mol. The Balaban J connectivity index is 1.18. The van der Waals surface area contributed by atoms with Gasteiger partial charge in [-0.1, -0.05) is 38.0 Å². The molecule has 3 aliphatic rings. The molecule has 5 heteroatoms. The molecule has 0 radical (unpaired) electrons. The van der Waals surface area contributed by atoms with Crippen molar-refractivity contribution in [3.05, 3.63) is 47.5 Å². The third-order valence-electron chi connectivity index (χ3n) is 8.38. The number of rotatable bonds is 6. The smallest absolute Gasteiger partial charge is 0.317 e. The Morgan fingerprint density at radius 2 is 1.33 bits per heavy atom. The molecular weight excluding hydrogens is 428 g/mol. The van der Waals surface area contributed by atoms with E-state index in [1.54, 1.807) is 6.07 Å². The SMILES string of the molecule is CC1CCC(C(F)(F)OC2CCC(/C=C/C3CCC(c4ccc(F)c(F)c4)CC3)CC2)CC1. The van der Waals surface area contributed by atoms with Crippen LogP contribution in [-0.4, -0.2) is 12.2 Å². The number of hydrogen-bond acceptors (Lipinski definition) is 1. The molecule has 4 rings (SSSR count). The van der Waals surface area contributed by atoms with Crippen molar-refractivity contribution < 1.29 is 22.3 Å². The van der Waals surface area contributed by atoms with Crippen molar-refractivity contribution in [3.63, 3.8) is 0 Å². The first kappa shape index (κ1) is 24.8. The van der Waals surface area contributed by atoms with E-state index in [2.05, 4.69) is 19.1 Å². The molecule has 3 fully saturated rings. The largest absolute Gasteiger partial charge is 0.358 e. The van der Waals surface area contributed by atoms with Crippen LogP contribution in [0.3, 0.4) is 0 Å². The molecule has 33 heavy (non-hydrogen) atoms. The van der Waals surface area contributed by atoms with E-state index >= 15 is 0 Å². The molecule has 0 aliphatic heterocycles. The lowest BCUT2D eigenvalue weighted by Crippen LogP contribution is -2.38. The summed E-state index contributed by atoms with van der Waals surface area (Å²) in [4.78, 5) is 0. The van der Waals surface area contributed by atoms with Gasteiger partial charge in [-0.15, -0.1) is 0 Å². The summed E-state index contributed by atoms with van der Waals surface area (Å²) in [5.41, 5.74) is 0.897. The average Bonchev–Trinajstić information content (AvgIpc) is 2.81. The van der Waals surface area contributed by atoms with Crippen LogP contribution in [0.2, 0.25) is 0 Å². The molecule has 0 N–H and O–H groups in total. The van der Waals surface area contributed by atoms with Crippen molar-refractivity contribution in [2.45, 2.75) is 102 Å². The van der Waals surface area contributed by atoms with E-state index in [9.17, 15) is 17.6 Å². The summed E-state index contributed by atoms with van der Waals surface area (Å²) in [7, 11) is 0. The number of hydrogen-bond donors (Lipinski definition) is 0. The molecular formula is C28H38F4O. The molecule has 0 bridgehead atoms.